The Labute approximate surface area is 146 Å². The number of halogens is 2. The van der Waals surface area contributed by atoms with Gasteiger partial charge in [-0.25, -0.2) is 0 Å². The molecular formula is C14H21Cl2N5O2. The van der Waals surface area contributed by atoms with E-state index in [1.54, 1.807) is 13.1 Å². The van der Waals surface area contributed by atoms with Gasteiger partial charge >= 0.3 is 0 Å². The normalized spacial score (nSPS) is 10.6. The Hall–Kier alpha value is -1.96. The minimum absolute atomic E-state index is 0. The number of hydrogen-bond donors (Lipinski definition) is 4. The number of aromatic nitrogens is 1. The molecule has 0 spiro atoms. The van der Waals surface area contributed by atoms with Crippen LogP contribution in [0.3, 0.4) is 0 Å². The van der Waals surface area contributed by atoms with Gasteiger partial charge in [0.15, 0.2) is 5.96 Å². The number of para-hydroxylation sites is 1. The molecule has 0 aliphatic heterocycles. The first-order valence-electron chi connectivity index (χ1n) is 6.66. The standard InChI is InChI=1S/C14H19N5O2.2ClH/c1-17-14(16)19-13(20)10-8-9-4-2-5-11(12(9)18-10)21-7-3-6-15;;/h2,4-5,8,18H,3,6-7,15H2,1H3,(H3,16,17,19,20);2*1H. The Bertz CT molecular complexity index is 672. The number of amides is 1. The Morgan fingerprint density at radius 2 is 2.13 bits per heavy atom. The molecule has 6 N–H and O–H groups in total. The van der Waals surface area contributed by atoms with Crippen molar-refractivity contribution in [2.45, 2.75) is 6.42 Å². The number of guanidine groups is 1. The highest BCUT2D eigenvalue weighted by Gasteiger charge is 2.12. The third-order valence-corrected chi connectivity index (χ3v) is 2.93. The van der Waals surface area contributed by atoms with Crippen LogP contribution in [0, 0.1) is 0 Å². The van der Waals surface area contributed by atoms with Crippen molar-refractivity contribution in [3.63, 3.8) is 0 Å². The average Bonchev–Trinajstić information content (AvgIpc) is 2.92. The van der Waals surface area contributed by atoms with Crippen LogP contribution in [0.15, 0.2) is 29.3 Å². The zero-order valence-corrected chi connectivity index (χ0v) is 14.3. The van der Waals surface area contributed by atoms with Crippen LogP contribution in [0.4, 0.5) is 0 Å². The second-order valence-corrected chi connectivity index (χ2v) is 4.45. The lowest BCUT2D eigenvalue weighted by atomic mass is 10.2. The van der Waals surface area contributed by atoms with E-state index in [0.717, 1.165) is 17.3 Å². The van der Waals surface area contributed by atoms with Crippen LogP contribution in [-0.2, 0) is 0 Å². The molecule has 1 amide bonds. The van der Waals surface area contributed by atoms with Gasteiger partial charge in [-0.2, -0.15) is 4.99 Å². The van der Waals surface area contributed by atoms with E-state index < -0.39 is 5.91 Å². The number of benzene rings is 1. The van der Waals surface area contributed by atoms with E-state index in [1.807, 2.05) is 18.2 Å². The van der Waals surface area contributed by atoms with Crippen LogP contribution in [-0.4, -0.2) is 37.1 Å². The van der Waals surface area contributed by atoms with E-state index >= 15 is 0 Å². The fourth-order valence-corrected chi connectivity index (χ4v) is 1.85. The van der Waals surface area contributed by atoms with Crippen LogP contribution in [0.1, 0.15) is 16.9 Å². The van der Waals surface area contributed by atoms with Gasteiger partial charge in [0, 0.05) is 12.4 Å². The van der Waals surface area contributed by atoms with Crippen molar-refractivity contribution in [2.75, 3.05) is 20.2 Å². The molecule has 1 aromatic heterocycles. The number of H-pyrrole nitrogens is 1. The average molecular weight is 362 g/mol. The lowest BCUT2D eigenvalue weighted by Gasteiger charge is -2.06. The van der Waals surface area contributed by atoms with E-state index in [9.17, 15) is 4.79 Å². The summed E-state index contributed by atoms with van der Waals surface area (Å²) in [6, 6.07) is 7.33. The zero-order valence-electron chi connectivity index (χ0n) is 12.7. The Morgan fingerprint density at radius 1 is 1.39 bits per heavy atom. The quantitative estimate of drug-likeness (QED) is 0.364. The minimum Gasteiger partial charge on any atom is -0.491 e. The molecule has 0 radical (unpaired) electrons. The number of carbonyl (C=O) groups is 1. The molecule has 2 aromatic rings. The number of aromatic amines is 1. The summed E-state index contributed by atoms with van der Waals surface area (Å²) < 4.78 is 5.66. The molecule has 23 heavy (non-hydrogen) atoms. The van der Waals surface area contributed by atoms with Crippen LogP contribution in [0.5, 0.6) is 5.75 Å². The Kier molecular flexibility index (Phi) is 9.09. The smallest absolute Gasteiger partial charge is 0.296 e. The van der Waals surface area contributed by atoms with Crippen LogP contribution in [0.25, 0.3) is 10.9 Å². The summed E-state index contributed by atoms with van der Waals surface area (Å²) in [6.07, 6.45) is 0.770. The number of nitrogens with one attached hydrogen (secondary N) is 2. The van der Waals surface area contributed by atoms with Crippen molar-refractivity contribution < 1.29 is 9.53 Å². The highest BCUT2D eigenvalue weighted by atomic mass is 35.5. The molecule has 0 unspecified atom stereocenters. The molecule has 9 heteroatoms. The maximum absolute atomic E-state index is 12.0. The Balaban J connectivity index is 0.00000242. The first-order valence-corrected chi connectivity index (χ1v) is 6.66. The number of carbonyl (C=O) groups excluding carboxylic acids is 1. The summed E-state index contributed by atoms with van der Waals surface area (Å²) in [5, 5.41) is 3.48. The second kappa shape index (κ2) is 9.94. The highest BCUT2D eigenvalue weighted by molar-refractivity contribution is 6.04. The van der Waals surface area contributed by atoms with Crippen molar-refractivity contribution in [3.8, 4) is 5.75 Å². The summed E-state index contributed by atoms with van der Waals surface area (Å²) in [6.45, 7) is 1.10. The molecule has 0 atom stereocenters. The van der Waals surface area contributed by atoms with Gasteiger partial charge in [0.2, 0.25) is 0 Å². The van der Waals surface area contributed by atoms with Crippen molar-refractivity contribution in [1.82, 2.24) is 10.3 Å². The summed E-state index contributed by atoms with van der Waals surface area (Å²) in [5.41, 5.74) is 12.0. The van der Waals surface area contributed by atoms with E-state index in [-0.39, 0.29) is 30.8 Å². The van der Waals surface area contributed by atoms with Crippen molar-refractivity contribution in [1.29, 1.82) is 0 Å². The van der Waals surface area contributed by atoms with Gasteiger partial charge in [-0.3, -0.25) is 4.79 Å². The summed E-state index contributed by atoms with van der Waals surface area (Å²) in [7, 11) is 1.60. The molecule has 1 aromatic carbocycles. The number of hydrogen-bond acceptors (Lipinski definition) is 3. The Morgan fingerprint density at radius 3 is 2.78 bits per heavy atom. The van der Waals surface area contributed by atoms with E-state index in [0.29, 0.717) is 24.6 Å². The molecule has 0 aliphatic carbocycles. The van der Waals surface area contributed by atoms with E-state index in [1.165, 1.54) is 0 Å². The van der Waals surface area contributed by atoms with Gasteiger partial charge in [-0.15, -0.1) is 24.8 Å². The minimum atomic E-state index is -0.439. The number of ether oxygens (including phenoxy) is 1. The third-order valence-electron chi connectivity index (χ3n) is 2.93. The molecular weight excluding hydrogens is 341 g/mol. The van der Waals surface area contributed by atoms with Gasteiger partial charge in [0.25, 0.3) is 5.91 Å². The van der Waals surface area contributed by atoms with E-state index in [4.69, 9.17) is 16.2 Å². The highest BCUT2D eigenvalue weighted by Crippen LogP contribution is 2.26. The topological polar surface area (TPSA) is 119 Å². The number of fused-ring (bicyclic) bond motifs is 1. The number of nitrogens with two attached hydrogens (primary N) is 2. The summed E-state index contributed by atoms with van der Waals surface area (Å²) in [4.78, 5) is 18.7. The van der Waals surface area contributed by atoms with E-state index in [2.05, 4.69) is 15.3 Å². The molecule has 7 nitrogen and oxygen atoms in total. The lowest BCUT2D eigenvalue weighted by molar-refractivity contribution is 0.0998. The fourth-order valence-electron chi connectivity index (χ4n) is 1.85. The first kappa shape index (κ1) is 21.0. The lowest BCUT2D eigenvalue weighted by Crippen LogP contribution is -2.28. The van der Waals surface area contributed by atoms with Crippen LogP contribution < -0.4 is 21.5 Å². The third kappa shape index (κ3) is 5.31. The first-order chi connectivity index (χ1) is 10.2. The second-order valence-electron chi connectivity index (χ2n) is 4.45. The van der Waals surface area contributed by atoms with Crippen molar-refractivity contribution in [2.24, 2.45) is 16.5 Å². The molecule has 0 saturated heterocycles. The predicted octanol–water partition coefficient (Wildman–Crippen LogP) is 1.41. The van der Waals surface area contributed by atoms with Crippen molar-refractivity contribution in [3.05, 3.63) is 30.0 Å². The van der Waals surface area contributed by atoms with Gasteiger partial charge in [0.05, 0.1) is 12.1 Å². The molecule has 128 valence electrons. The molecule has 0 bridgehead atoms. The summed E-state index contributed by atoms with van der Waals surface area (Å²) >= 11 is 0. The molecule has 0 fully saturated rings. The summed E-state index contributed by atoms with van der Waals surface area (Å²) in [5.74, 6) is 0.314. The van der Waals surface area contributed by atoms with Crippen LogP contribution >= 0.6 is 24.8 Å². The molecule has 2 rings (SSSR count). The largest absolute Gasteiger partial charge is 0.491 e. The maximum atomic E-state index is 12.0. The van der Waals surface area contributed by atoms with Gasteiger partial charge < -0.3 is 26.5 Å². The van der Waals surface area contributed by atoms with Gasteiger partial charge in [-0.05, 0) is 25.1 Å². The fraction of sp³-hybridized carbons (Fsp3) is 0.286. The van der Waals surface area contributed by atoms with Gasteiger partial charge in [-0.1, -0.05) is 12.1 Å². The molecule has 1 heterocycles. The predicted molar refractivity (Wildman–Crippen MR) is 97.0 cm³/mol. The SMILES string of the molecule is CNC(N)=NC(=O)c1cc2cccc(OCCCN)c2[nH]1.Cl.Cl. The monoisotopic (exact) mass is 361 g/mol. The molecule has 0 saturated carbocycles. The number of nitrogens with zero attached hydrogens (tertiary/aromatic N) is 1. The van der Waals surface area contributed by atoms with Crippen molar-refractivity contribution >= 4 is 47.6 Å². The van der Waals surface area contributed by atoms with Crippen LogP contribution in [0.2, 0.25) is 0 Å². The number of aliphatic imine (C=N–C) groups is 1. The van der Waals surface area contributed by atoms with Gasteiger partial charge in [0.1, 0.15) is 11.4 Å². The maximum Gasteiger partial charge on any atom is 0.296 e. The zero-order chi connectivity index (χ0) is 15.2. The molecule has 0 aliphatic rings. The number of rotatable bonds is 5.